The highest BCUT2D eigenvalue weighted by atomic mass is 35.5. The molecule has 0 saturated carbocycles. The van der Waals surface area contributed by atoms with Crippen LogP contribution < -0.4 is 5.56 Å². The van der Waals surface area contributed by atoms with E-state index in [1.807, 2.05) is 17.5 Å². The smallest absolute Gasteiger partial charge is 0.266 e. The Morgan fingerprint density at radius 2 is 2.15 bits per heavy atom. The molecule has 0 spiro atoms. The molecule has 0 aliphatic heterocycles. The highest BCUT2D eigenvalue weighted by molar-refractivity contribution is 7.89. The summed E-state index contributed by atoms with van der Waals surface area (Å²) in [6.45, 7) is 1.80. The van der Waals surface area contributed by atoms with Gasteiger partial charge in [0, 0.05) is 18.1 Å². The van der Waals surface area contributed by atoms with Crippen LogP contribution in [0.1, 0.15) is 17.8 Å². The Bertz CT molecular complexity index is 753. The Labute approximate surface area is 125 Å². The number of halogens is 1. The van der Waals surface area contributed by atoms with Gasteiger partial charge in [-0.2, -0.15) is 4.31 Å². The fourth-order valence-corrected chi connectivity index (χ4v) is 4.14. The van der Waals surface area contributed by atoms with Gasteiger partial charge in [0.1, 0.15) is 5.02 Å². The fourth-order valence-electron chi connectivity index (χ4n) is 1.67. The van der Waals surface area contributed by atoms with Crippen molar-refractivity contribution < 1.29 is 8.42 Å². The lowest BCUT2D eigenvalue weighted by molar-refractivity contribution is 0.402. The van der Waals surface area contributed by atoms with E-state index in [0.717, 1.165) is 17.1 Å². The number of sulfonamides is 1. The molecule has 2 heterocycles. The third-order valence-corrected chi connectivity index (χ3v) is 6.24. The van der Waals surface area contributed by atoms with E-state index in [1.54, 1.807) is 6.92 Å². The van der Waals surface area contributed by atoms with E-state index in [-0.39, 0.29) is 16.0 Å². The van der Waals surface area contributed by atoms with Crippen molar-refractivity contribution in [2.24, 2.45) is 0 Å². The lowest BCUT2D eigenvalue weighted by Gasteiger charge is -2.23. The zero-order chi connectivity index (χ0) is 14.9. The zero-order valence-electron chi connectivity index (χ0n) is 10.8. The first kappa shape index (κ1) is 15.2. The van der Waals surface area contributed by atoms with E-state index in [9.17, 15) is 13.2 Å². The quantitative estimate of drug-likeness (QED) is 0.935. The molecule has 0 fully saturated rings. The summed E-state index contributed by atoms with van der Waals surface area (Å²) in [5, 5.41) is 1.74. The molecule has 2 rings (SSSR count). The number of rotatable bonds is 4. The number of aromatic nitrogens is 1. The second-order valence-corrected chi connectivity index (χ2v) is 7.61. The Kier molecular flexibility index (Phi) is 4.33. The molecule has 0 aliphatic rings. The van der Waals surface area contributed by atoms with Crippen LogP contribution in [-0.2, 0) is 10.0 Å². The Balaban J connectivity index is 2.39. The van der Waals surface area contributed by atoms with Crippen molar-refractivity contribution in [3.05, 3.63) is 50.0 Å². The number of hydrogen-bond donors (Lipinski definition) is 1. The molecule has 0 amide bonds. The lowest BCUT2D eigenvalue weighted by Crippen LogP contribution is -2.30. The number of H-pyrrole nitrogens is 1. The Morgan fingerprint density at radius 1 is 1.45 bits per heavy atom. The summed E-state index contributed by atoms with van der Waals surface area (Å²) >= 11 is 7.17. The Hall–Kier alpha value is -1.15. The van der Waals surface area contributed by atoms with Crippen LogP contribution in [0.5, 0.6) is 0 Å². The van der Waals surface area contributed by atoms with E-state index >= 15 is 0 Å². The molecule has 108 valence electrons. The first-order chi connectivity index (χ1) is 9.34. The first-order valence-electron chi connectivity index (χ1n) is 5.73. The van der Waals surface area contributed by atoms with Gasteiger partial charge in [-0.25, -0.2) is 8.42 Å². The van der Waals surface area contributed by atoms with Gasteiger partial charge in [-0.15, -0.1) is 11.3 Å². The van der Waals surface area contributed by atoms with Crippen molar-refractivity contribution in [3.63, 3.8) is 0 Å². The number of pyridine rings is 1. The largest absolute Gasteiger partial charge is 0.326 e. The summed E-state index contributed by atoms with van der Waals surface area (Å²) in [6, 6.07) is 4.60. The van der Waals surface area contributed by atoms with E-state index in [4.69, 9.17) is 11.6 Å². The second-order valence-electron chi connectivity index (χ2n) is 4.23. The van der Waals surface area contributed by atoms with Gasteiger partial charge in [0.25, 0.3) is 5.56 Å². The molecule has 1 atom stereocenters. The van der Waals surface area contributed by atoms with Crippen LogP contribution in [0.4, 0.5) is 0 Å². The van der Waals surface area contributed by atoms with Gasteiger partial charge in [-0.1, -0.05) is 17.7 Å². The normalized spacial score (nSPS) is 13.6. The van der Waals surface area contributed by atoms with Crippen LogP contribution in [0.2, 0.25) is 5.02 Å². The molecule has 0 radical (unpaired) electrons. The number of nitrogens with zero attached hydrogens (tertiary/aromatic N) is 1. The summed E-state index contributed by atoms with van der Waals surface area (Å²) in [4.78, 5) is 14.4. The average molecular weight is 333 g/mol. The SMILES string of the molecule is CC(c1cccs1)N(C)S(=O)(=O)c1c[nH]c(=O)c(Cl)c1. The van der Waals surface area contributed by atoms with Crippen LogP contribution in [0.3, 0.4) is 0 Å². The van der Waals surface area contributed by atoms with Crippen LogP contribution >= 0.6 is 22.9 Å². The van der Waals surface area contributed by atoms with Crippen molar-refractivity contribution >= 4 is 33.0 Å². The number of thiophene rings is 1. The minimum Gasteiger partial charge on any atom is -0.326 e. The molecule has 0 bridgehead atoms. The topological polar surface area (TPSA) is 70.2 Å². The summed E-state index contributed by atoms with van der Waals surface area (Å²) in [5.74, 6) is 0. The zero-order valence-corrected chi connectivity index (χ0v) is 13.2. The number of nitrogens with one attached hydrogen (secondary N) is 1. The maximum Gasteiger partial charge on any atom is 0.266 e. The van der Waals surface area contributed by atoms with Gasteiger partial charge in [-0.05, 0) is 24.4 Å². The average Bonchev–Trinajstić information content (AvgIpc) is 2.94. The van der Waals surface area contributed by atoms with E-state index in [0.29, 0.717) is 0 Å². The summed E-state index contributed by atoms with van der Waals surface area (Å²) in [5.41, 5.74) is -0.514. The van der Waals surface area contributed by atoms with Gasteiger partial charge in [0.15, 0.2) is 0 Å². The van der Waals surface area contributed by atoms with Crippen molar-refractivity contribution in [2.75, 3.05) is 7.05 Å². The molecule has 2 aromatic heterocycles. The maximum absolute atomic E-state index is 12.5. The predicted octanol–water partition coefficient (Wildman–Crippen LogP) is 2.47. The predicted molar refractivity (Wildman–Crippen MR) is 79.8 cm³/mol. The van der Waals surface area contributed by atoms with Gasteiger partial charge in [-0.3, -0.25) is 4.79 Å². The Morgan fingerprint density at radius 3 is 2.70 bits per heavy atom. The van der Waals surface area contributed by atoms with Crippen molar-refractivity contribution in [1.82, 2.24) is 9.29 Å². The third kappa shape index (κ3) is 2.80. The molecule has 8 heteroatoms. The van der Waals surface area contributed by atoms with E-state index in [1.165, 1.54) is 22.7 Å². The summed E-state index contributed by atoms with van der Waals surface area (Å²) in [7, 11) is -2.22. The molecule has 2 aromatic rings. The van der Waals surface area contributed by atoms with Gasteiger partial charge >= 0.3 is 0 Å². The molecule has 0 aromatic carbocycles. The molecule has 20 heavy (non-hydrogen) atoms. The first-order valence-corrected chi connectivity index (χ1v) is 8.43. The highest BCUT2D eigenvalue weighted by Gasteiger charge is 2.27. The molecule has 1 N–H and O–H groups in total. The molecular formula is C12H13ClN2O3S2. The number of aromatic amines is 1. The second kappa shape index (κ2) is 5.69. The minimum absolute atomic E-state index is 0.0343. The fraction of sp³-hybridized carbons (Fsp3) is 0.250. The van der Waals surface area contributed by atoms with Crippen molar-refractivity contribution in [1.29, 1.82) is 0 Å². The van der Waals surface area contributed by atoms with E-state index in [2.05, 4.69) is 4.98 Å². The number of hydrogen-bond acceptors (Lipinski definition) is 4. The lowest BCUT2D eigenvalue weighted by atomic mass is 10.3. The van der Waals surface area contributed by atoms with Crippen LogP contribution in [0, 0.1) is 0 Å². The molecule has 0 aliphatic carbocycles. The monoisotopic (exact) mass is 332 g/mol. The molecule has 1 unspecified atom stereocenters. The summed E-state index contributed by atoms with van der Waals surface area (Å²) in [6.07, 6.45) is 1.15. The van der Waals surface area contributed by atoms with Gasteiger partial charge in [0.05, 0.1) is 10.9 Å². The standard InChI is InChI=1S/C12H13ClN2O3S2/c1-8(11-4-3-5-19-11)15(2)20(17,18)9-6-10(13)12(16)14-7-9/h3-8H,1-2H3,(H,14,16). The van der Waals surface area contributed by atoms with Crippen LogP contribution in [0.25, 0.3) is 0 Å². The van der Waals surface area contributed by atoms with Gasteiger partial charge < -0.3 is 4.98 Å². The maximum atomic E-state index is 12.5. The highest BCUT2D eigenvalue weighted by Crippen LogP contribution is 2.28. The third-order valence-electron chi connectivity index (χ3n) is 3.01. The van der Waals surface area contributed by atoms with Gasteiger partial charge in [0.2, 0.25) is 10.0 Å². The molecule has 0 saturated heterocycles. The van der Waals surface area contributed by atoms with Crippen molar-refractivity contribution in [2.45, 2.75) is 17.9 Å². The van der Waals surface area contributed by atoms with Crippen molar-refractivity contribution in [3.8, 4) is 0 Å². The minimum atomic E-state index is -3.72. The van der Waals surface area contributed by atoms with E-state index < -0.39 is 15.6 Å². The molecule has 5 nitrogen and oxygen atoms in total. The molecular weight excluding hydrogens is 320 g/mol. The van der Waals surface area contributed by atoms with Crippen LogP contribution in [0.15, 0.2) is 39.5 Å². The summed E-state index contributed by atoms with van der Waals surface area (Å²) < 4.78 is 26.2. The van der Waals surface area contributed by atoms with Crippen LogP contribution in [-0.4, -0.2) is 24.8 Å².